The summed E-state index contributed by atoms with van der Waals surface area (Å²) in [4.78, 5) is 11.0. The highest BCUT2D eigenvalue weighted by Gasteiger charge is 2.22. The summed E-state index contributed by atoms with van der Waals surface area (Å²) in [5, 5.41) is 23.6. The summed E-state index contributed by atoms with van der Waals surface area (Å²) in [6.07, 6.45) is 5.28. The highest BCUT2D eigenvalue weighted by Crippen LogP contribution is 2.21. The van der Waals surface area contributed by atoms with Crippen molar-refractivity contribution in [3.8, 4) is 0 Å². The molecule has 0 aliphatic rings. The molecule has 0 saturated heterocycles. The van der Waals surface area contributed by atoms with Crippen LogP contribution in [-0.4, -0.2) is 60.0 Å². The van der Waals surface area contributed by atoms with Gasteiger partial charge in [-0.15, -0.1) is 0 Å². The van der Waals surface area contributed by atoms with Crippen molar-refractivity contribution in [3.05, 3.63) is 89.9 Å². The van der Waals surface area contributed by atoms with Crippen molar-refractivity contribution in [2.45, 2.75) is 77.8 Å². The van der Waals surface area contributed by atoms with Crippen LogP contribution >= 0.6 is 0 Å². The number of carbonyl (C=O) groups is 1. The molecular weight excluding hydrogens is 645 g/mol. The molecule has 0 bridgehead atoms. The van der Waals surface area contributed by atoms with Gasteiger partial charge in [0.1, 0.15) is 11.0 Å². The topological polar surface area (TPSA) is 162 Å². The van der Waals surface area contributed by atoms with Crippen LogP contribution in [0.4, 0.5) is 0 Å². The first-order valence-corrected chi connectivity index (χ1v) is 17.7. The molecule has 3 aromatic carbocycles. The second kappa shape index (κ2) is 15.3. The second-order valence-electron chi connectivity index (χ2n) is 13.4. The summed E-state index contributed by atoms with van der Waals surface area (Å²) in [5.74, 6) is 0.0816. The maximum absolute atomic E-state index is 12.0. The molecule has 3 atom stereocenters. The van der Waals surface area contributed by atoms with E-state index >= 15 is 0 Å². The van der Waals surface area contributed by atoms with Crippen molar-refractivity contribution >= 4 is 66.2 Å². The zero-order valence-corrected chi connectivity index (χ0v) is 30.5. The van der Waals surface area contributed by atoms with E-state index in [4.69, 9.17) is 0 Å². The Balaban J connectivity index is 0.000000166. The van der Waals surface area contributed by atoms with Gasteiger partial charge in [-0.1, -0.05) is 12.1 Å². The van der Waals surface area contributed by atoms with Crippen LogP contribution in [-0.2, 0) is 22.0 Å². The molecule has 0 saturated carbocycles. The maximum atomic E-state index is 12.0. The van der Waals surface area contributed by atoms with Crippen LogP contribution in [0.5, 0.6) is 0 Å². The number of ketones is 1. The summed E-state index contributed by atoms with van der Waals surface area (Å²) in [5.41, 5.74) is 6.56. The molecule has 254 valence electrons. The van der Waals surface area contributed by atoms with Crippen LogP contribution in [0, 0.1) is 0 Å². The highest BCUT2D eigenvalue weighted by atomic mass is 32.2. The fraction of sp³-hybridized carbons (Fsp3) is 0.343. The molecule has 0 radical (unpaired) electrons. The van der Waals surface area contributed by atoms with Crippen LogP contribution in [0.1, 0.15) is 89.8 Å². The lowest BCUT2D eigenvalue weighted by Crippen LogP contribution is -2.34. The minimum absolute atomic E-state index is 0.0457. The van der Waals surface area contributed by atoms with E-state index in [1.807, 2.05) is 97.9 Å². The molecule has 13 heteroatoms. The largest absolute Gasteiger partial charge is 0.295 e. The number of aromatic nitrogens is 6. The Bertz CT molecular complexity index is 2100. The number of hydrogen-bond acceptors (Lipinski definition) is 6. The molecule has 0 amide bonds. The van der Waals surface area contributed by atoms with Crippen molar-refractivity contribution in [1.82, 2.24) is 35.3 Å². The Morgan fingerprint density at radius 3 is 1.65 bits per heavy atom. The Morgan fingerprint density at radius 2 is 1.17 bits per heavy atom. The van der Waals surface area contributed by atoms with Gasteiger partial charge in [-0.2, -0.15) is 19.7 Å². The van der Waals surface area contributed by atoms with Crippen molar-refractivity contribution in [3.63, 3.8) is 0 Å². The van der Waals surface area contributed by atoms with E-state index in [0.29, 0.717) is 0 Å². The van der Waals surface area contributed by atoms with Gasteiger partial charge < -0.3 is 0 Å². The SMILES string of the molecule is CC(=NS(=O)C(C)(C)C)c1ccc2[nH]ncc2c1.CC(=O)c1ccc2[nH]ncc2c1.C[C@@H](NS(=O)C(C)(C)C)c1ccc2[nH]ncc2c1. The zero-order chi connectivity index (χ0) is 35.2. The van der Waals surface area contributed by atoms with Crippen LogP contribution < -0.4 is 4.72 Å². The minimum atomic E-state index is -1.23. The minimum Gasteiger partial charge on any atom is -0.295 e. The van der Waals surface area contributed by atoms with Crippen molar-refractivity contribution in [1.29, 1.82) is 0 Å². The summed E-state index contributed by atoms with van der Waals surface area (Å²) in [7, 11) is -2.29. The van der Waals surface area contributed by atoms with Gasteiger partial charge in [0.2, 0.25) is 0 Å². The first-order chi connectivity index (χ1) is 22.5. The quantitative estimate of drug-likeness (QED) is 0.106. The number of benzene rings is 3. The molecule has 6 aromatic rings. The number of fused-ring (bicyclic) bond motifs is 3. The molecule has 0 fully saturated rings. The van der Waals surface area contributed by atoms with Gasteiger partial charge in [-0.05, 0) is 116 Å². The van der Waals surface area contributed by atoms with E-state index < -0.39 is 22.0 Å². The molecule has 2 unspecified atom stereocenters. The molecular formula is C35H44N8O3S2. The molecule has 3 heterocycles. The number of rotatable bonds is 6. The van der Waals surface area contributed by atoms with E-state index in [9.17, 15) is 13.2 Å². The lowest BCUT2D eigenvalue weighted by atomic mass is 10.1. The predicted molar refractivity (Wildman–Crippen MR) is 198 cm³/mol. The average molecular weight is 689 g/mol. The van der Waals surface area contributed by atoms with E-state index in [1.54, 1.807) is 31.6 Å². The smallest absolute Gasteiger partial charge is 0.159 e. The van der Waals surface area contributed by atoms with Gasteiger partial charge in [0.15, 0.2) is 5.78 Å². The number of nitrogens with zero attached hydrogens (tertiary/aromatic N) is 4. The third-order valence-electron chi connectivity index (χ3n) is 7.25. The molecule has 0 spiro atoms. The summed E-state index contributed by atoms with van der Waals surface area (Å²) in [6, 6.07) is 17.5. The molecule has 0 aliphatic carbocycles. The molecule has 11 nitrogen and oxygen atoms in total. The average Bonchev–Trinajstić information content (AvgIpc) is 3.80. The first-order valence-electron chi connectivity index (χ1n) is 15.5. The van der Waals surface area contributed by atoms with Gasteiger partial charge in [-0.3, -0.25) is 20.1 Å². The van der Waals surface area contributed by atoms with Gasteiger partial charge >= 0.3 is 0 Å². The lowest BCUT2D eigenvalue weighted by molar-refractivity contribution is 0.101. The number of H-pyrrole nitrogens is 3. The second-order valence-corrected chi connectivity index (χ2v) is 17.3. The van der Waals surface area contributed by atoms with Crippen molar-refractivity contribution in [2.75, 3.05) is 0 Å². The number of carbonyl (C=O) groups excluding carboxylic acids is 1. The standard InChI is InChI=1S/C13H19N3OS.C13H17N3OS.C9H8N2O/c2*1-9(16-18(17)13(2,3)4)10-5-6-12-11(7-10)8-14-15-12;1-6(12)7-2-3-9-8(4-7)5-10-11-9/h5-9,16H,1-4H3,(H,14,15);5-8H,1-4H3,(H,14,15);2-5H,1H3,(H,10,11)/t9-,18?;;/m1../s1. The molecule has 0 aliphatic heterocycles. The molecule has 3 aromatic heterocycles. The van der Waals surface area contributed by atoms with Gasteiger partial charge in [-0.25, -0.2) is 13.1 Å². The fourth-order valence-corrected chi connectivity index (χ4v) is 5.72. The first kappa shape index (κ1) is 36.5. The maximum Gasteiger partial charge on any atom is 0.159 e. The van der Waals surface area contributed by atoms with Crippen LogP contribution in [0.25, 0.3) is 32.7 Å². The number of hydrogen-bond donors (Lipinski definition) is 4. The van der Waals surface area contributed by atoms with Gasteiger partial charge in [0, 0.05) is 27.8 Å². The molecule has 4 N–H and O–H groups in total. The highest BCUT2D eigenvalue weighted by molar-refractivity contribution is 7.85. The third kappa shape index (κ3) is 9.61. The Morgan fingerprint density at radius 1 is 0.708 bits per heavy atom. The number of Topliss-reactive ketones (excluding diaryl/α,β-unsaturated/α-hetero) is 1. The molecule has 6 rings (SSSR count). The normalized spacial score (nSPS) is 14.1. The van der Waals surface area contributed by atoms with E-state index in [0.717, 1.165) is 55.1 Å². The van der Waals surface area contributed by atoms with E-state index in [2.05, 4.69) is 45.8 Å². The number of aromatic amines is 3. The van der Waals surface area contributed by atoms with E-state index in [-0.39, 0.29) is 21.3 Å². The third-order valence-corrected chi connectivity index (χ3v) is 10.4. The molecule has 48 heavy (non-hydrogen) atoms. The van der Waals surface area contributed by atoms with Crippen LogP contribution in [0.3, 0.4) is 0 Å². The monoisotopic (exact) mass is 688 g/mol. The van der Waals surface area contributed by atoms with Crippen molar-refractivity contribution < 1.29 is 13.2 Å². The fourth-order valence-electron chi connectivity index (χ4n) is 4.28. The lowest BCUT2D eigenvalue weighted by Gasteiger charge is -2.22. The van der Waals surface area contributed by atoms with Gasteiger partial charge in [0.05, 0.1) is 61.3 Å². The van der Waals surface area contributed by atoms with Crippen LogP contribution in [0.15, 0.2) is 77.6 Å². The van der Waals surface area contributed by atoms with Crippen LogP contribution in [0.2, 0.25) is 0 Å². The van der Waals surface area contributed by atoms with E-state index in [1.165, 1.54) is 0 Å². The summed E-state index contributed by atoms with van der Waals surface area (Å²) >= 11 is 0. The summed E-state index contributed by atoms with van der Waals surface area (Å²) in [6.45, 7) is 17.1. The van der Waals surface area contributed by atoms with Crippen molar-refractivity contribution in [2.24, 2.45) is 4.40 Å². The Labute approximate surface area is 286 Å². The Hall–Kier alpha value is -4.33. The van der Waals surface area contributed by atoms with Gasteiger partial charge in [0.25, 0.3) is 0 Å². The Kier molecular flexibility index (Phi) is 11.6. The summed E-state index contributed by atoms with van der Waals surface area (Å²) < 4.78 is 30.8. The predicted octanol–water partition coefficient (Wildman–Crippen LogP) is 7.28. The zero-order valence-electron chi connectivity index (χ0n) is 28.8. The number of nitrogens with one attached hydrogen (secondary N) is 4.